The van der Waals surface area contributed by atoms with Gasteiger partial charge in [0.2, 0.25) is 0 Å². The van der Waals surface area contributed by atoms with E-state index in [0.717, 1.165) is 45.7 Å². The number of piperidine rings is 1. The predicted molar refractivity (Wildman–Crippen MR) is 119 cm³/mol. The Morgan fingerprint density at radius 2 is 1.93 bits per heavy atom. The molecular formula is C23H44N4O3. The maximum Gasteiger partial charge on any atom is 0.133 e. The van der Waals surface area contributed by atoms with Gasteiger partial charge in [-0.3, -0.25) is 9.80 Å². The number of piperazine rings is 1. The molecule has 3 aliphatic heterocycles. The first-order chi connectivity index (χ1) is 14.6. The third kappa shape index (κ3) is 5.20. The third-order valence-corrected chi connectivity index (χ3v) is 8.10. The summed E-state index contributed by atoms with van der Waals surface area (Å²) in [7, 11) is 5.73. The van der Waals surface area contributed by atoms with E-state index >= 15 is 0 Å². The van der Waals surface area contributed by atoms with Gasteiger partial charge in [-0.05, 0) is 71.6 Å². The average molecular weight is 425 g/mol. The number of fused-ring (bicyclic) bond motifs is 1. The molecule has 3 heterocycles. The molecule has 0 spiro atoms. The van der Waals surface area contributed by atoms with E-state index in [1.54, 1.807) is 0 Å². The van der Waals surface area contributed by atoms with E-state index in [0.29, 0.717) is 30.2 Å². The third-order valence-electron chi connectivity index (χ3n) is 8.10. The van der Waals surface area contributed by atoms with Crippen LogP contribution in [0.5, 0.6) is 0 Å². The van der Waals surface area contributed by atoms with Gasteiger partial charge in [0, 0.05) is 45.4 Å². The van der Waals surface area contributed by atoms with Gasteiger partial charge in [-0.15, -0.1) is 0 Å². The molecule has 7 nitrogen and oxygen atoms in total. The van der Waals surface area contributed by atoms with Crippen molar-refractivity contribution < 1.29 is 14.6 Å². The smallest absolute Gasteiger partial charge is 0.133 e. The molecule has 0 amide bonds. The summed E-state index contributed by atoms with van der Waals surface area (Å²) < 4.78 is 12.2. The number of hydrogen-bond donors (Lipinski definition) is 2. The molecule has 1 aliphatic carbocycles. The van der Waals surface area contributed by atoms with Crippen LogP contribution in [0.4, 0.5) is 0 Å². The molecule has 4 aliphatic rings. The van der Waals surface area contributed by atoms with Crippen LogP contribution in [0.15, 0.2) is 0 Å². The molecule has 4 fully saturated rings. The molecule has 7 unspecified atom stereocenters. The first-order valence-corrected chi connectivity index (χ1v) is 12.3. The van der Waals surface area contributed by atoms with Crippen LogP contribution in [0.2, 0.25) is 0 Å². The minimum Gasteiger partial charge on any atom is -0.380 e. The highest BCUT2D eigenvalue weighted by molar-refractivity contribution is 4.97. The Bertz CT molecular complexity index is 529. The van der Waals surface area contributed by atoms with Crippen molar-refractivity contribution >= 4 is 0 Å². The molecule has 0 aromatic rings. The largest absolute Gasteiger partial charge is 0.380 e. The van der Waals surface area contributed by atoms with Crippen molar-refractivity contribution in [3.8, 4) is 0 Å². The number of rotatable bonds is 7. The van der Waals surface area contributed by atoms with Gasteiger partial charge in [0.25, 0.3) is 0 Å². The van der Waals surface area contributed by atoms with Gasteiger partial charge >= 0.3 is 0 Å². The fraction of sp³-hybridized carbons (Fsp3) is 1.00. The quantitative estimate of drug-likeness (QED) is 0.591. The molecule has 2 N–H and O–H groups in total. The van der Waals surface area contributed by atoms with Crippen molar-refractivity contribution in [1.82, 2.24) is 20.0 Å². The minimum absolute atomic E-state index is 0.0337. The lowest BCUT2D eigenvalue weighted by atomic mass is 9.81. The van der Waals surface area contributed by atoms with E-state index in [1.165, 1.54) is 38.5 Å². The normalized spacial score (nSPS) is 39.9. The Balaban J connectivity index is 1.24. The van der Waals surface area contributed by atoms with Crippen molar-refractivity contribution in [2.45, 2.75) is 81.6 Å². The van der Waals surface area contributed by atoms with Gasteiger partial charge in [0.15, 0.2) is 0 Å². The number of aliphatic hydroxyl groups excluding tert-OH is 1. The molecule has 7 heteroatoms. The fourth-order valence-corrected chi connectivity index (χ4v) is 6.29. The van der Waals surface area contributed by atoms with Crippen LogP contribution in [-0.2, 0) is 9.47 Å². The molecular weight excluding hydrogens is 380 g/mol. The minimum atomic E-state index is -0.488. The van der Waals surface area contributed by atoms with Crippen LogP contribution < -0.4 is 5.32 Å². The molecule has 7 atom stereocenters. The monoisotopic (exact) mass is 424 g/mol. The molecule has 174 valence electrons. The van der Waals surface area contributed by atoms with Gasteiger partial charge in [0.05, 0.1) is 18.3 Å². The van der Waals surface area contributed by atoms with Crippen LogP contribution in [0.1, 0.15) is 44.9 Å². The van der Waals surface area contributed by atoms with Crippen molar-refractivity contribution in [2.75, 3.05) is 60.5 Å². The Hall–Kier alpha value is -0.280. The highest BCUT2D eigenvalue weighted by atomic mass is 16.5. The van der Waals surface area contributed by atoms with E-state index in [9.17, 15) is 5.11 Å². The van der Waals surface area contributed by atoms with Crippen molar-refractivity contribution in [3.05, 3.63) is 0 Å². The number of ether oxygens (including phenoxy) is 2. The summed E-state index contributed by atoms with van der Waals surface area (Å²) in [5.41, 5.74) is 0. The highest BCUT2D eigenvalue weighted by Crippen LogP contribution is 2.40. The maximum atomic E-state index is 10.5. The first kappa shape index (κ1) is 22.9. The van der Waals surface area contributed by atoms with Gasteiger partial charge < -0.3 is 24.8 Å². The van der Waals surface area contributed by atoms with Gasteiger partial charge in [-0.2, -0.15) is 0 Å². The van der Waals surface area contributed by atoms with Crippen LogP contribution in [0.3, 0.4) is 0 Å². The summed E-state index contributed by atoms with van der Waals surface area (Å²) in [6.45, 7) is 6.89. The molecule has 0 bridgehead atoms. The molecule has 4 rings (SSSR count). The maximum absolute atomic E-state index is 10.5. The number of hydrogen-bond acceptors (Lipinski definition) is 7. The van der Waals surface area contributed by atoms with Gasteiger partial charge in [-0.25, -0.2) is 0 Å². The standard InChI is InChI=1S/C23H44N4O3/c1-25(2)23(28)21-16-17-6-4-7-19(22(17)30-21)27-14-12-26(13-15-27)11-9-18-20(29-3)8-5-10-24-18/h17-24,28H,4-16H2,1-3H3. The number of likely N-dealkylation sites (N-methyl/N-ethyl adjacent to an activating group) is 1. The lowest BCUT2D eigenvalue weighted by molar-refractivity contribution is -0.115. The molecule has 0 radical (unpaired) electrons. The molecule has 1 saturated carbocycles. The first-order valence-electron chi connectivity index (χ1n) is 12.3. The summed E-state index contributed by atoms with van der Waals surface area (Å²) in [4.78, 5) is 7.20. The second-order valence-electron chi connectivity index (χ2n) is 10.2. The zero-order chi connectivity index (χ0) is 21.1. The molecule has 30 heavy (non-hydrogen) atoms. The number of nitrogens with zero attached hydrogens (tertiary/aromatic N) is 3. The summed E-state index contributed by atoms with van der Waals surface area (Å²) in [6.07, 6.45) is 8.57. The average Bonchev–Trinajstić information content (AvgIpc) is 3.22. The summed E-state index contributed by atoms with van der Waals surface area (Å²) in [5, 5.41) is 14.1. The lowest BCUT2D eigenvalue weighted by Crippen LogP contribution is -2.56. The number of nitrogens with one attached hydrogen (secondary N) is 1. The lowest BCUT2D eigenvalue weighted by Gasteiger charge is -2.45. The molecule has 0 aromatic carbocycles. The number of aliphatic hydroxyl groups is 1. The highest BCUT2D eigenvalue weighted by Gasteiger charge is 2.46. The Morgan fingerprint density at radius 3 is 2.67 bits per heavy atom. The molecule has 3 saturated heterocycles. The SMILES string of the molecule is COC1CCCNC1CCN1CCN(C2CCCC3CC(C(O)N(C)C)OC32)CC1. The Labute approximate surface area is 183 Å². The number of methoxy groups -OCH3 is 1. The Kier molecular flexibility index (Phi) is 8.06. The van der Waals surface area contributed by atoms with E-state index < -0.39 is 6.23 Å². The second-order valence-corrected chi connectivity index (χ2v) is 10.2. The zero-order valence-electron chi connectivity index (χ0n) is 19.3. The summed E-state index contributed by atoms with van der Waals surface area (Å²) in [5.74, 6) is 0.615. The van der Waals surface area contributed by atoms with Crippen LogP contribution in [0.25, 0.3) is 0 Å². The van der Waals surface area contributed by atoms with Gasteiger partial charge in [0.1, 0.15) is 6.23 Å². The van der Waals surface area contributed by atoms with E-state index in [2.05, 4.69) is 15.1 Å². The predicted octanol–water partition coefficient (Wildman–Crippen LogP) is 0.967. The van der Waals surface area contributed by atoms with E-state index in [-0.39, 0.29) is 6.10 Å². The molecule has 0 aromatic heterocycles. The Morgan fingerprint density at radius 1 is 1.13 bits per heavy atom. The van der Waals surface area contributed by atoms with Crippen molar-refractivity contribution in [2.24, 2.45) is 5.92 Å². The fourth-order valence-electron chi connectivity index (χ4n) is 6.29. The summed E-state index contributed by atoms with van der Waals surface area (Å²) >= 11 is 0. The van der Waals surface area contributed by atoms with Crippen LogP contribution in [0, 0.1) is 5.92 Å². The summed E-state index contributed by atoms with van der Waals surface area (Å²) in [6, 6.07) is 1.04. The van der Waals surface area contributed by atoms with Crippen molar-refractivity contribution in [1.29, 1.82) is 0 Å². The van der Waals surface area contributed by atoms with Crippen LogP contribution in [-0.4, -0.2) is 117 Å². The van der Waals surface area contributed by atoms with Crippen molar-refractivity contribution in [3.63, 3.8) is 0 Å². The van der Waals surface area contributed by atoms with Gasteiger partial charge in [-0.1, -0.05) is 6.42 Å². The van der Waals surface area contributed by atoms with Crippen LogP contribution >= 0.6 is 0 Å². The topological polar surface area (TPSA) is 60.4 Å². The second kappa shape index (κ2) is 10.6. The van der Waals surface area contributed by atoms with E-state index in [4.69, 9.17) is 9.47 Å². The van der Waals surface area contributed by atoms with E-state index in [1.807, 2.05) is 26.1 Å². The zero-order valence-corrected chi connectivity index (χ0v) is 19.3.